The third-order valence-corrected chi connectivity index (χ3v) is 12.1. The Morgan fingerprint density at radius 2 is 1.01 bits per heavy atom. The van der Waals surface area contributed by atoms with Gasteiger partial charge in [-0.1, -0.05) is 18.2 Å². The Bertz CT molecular complexity index is 3260. The van der Waals surface area contributed by atoms with Gasteiger partial charge in [0, 0.05) is 46.3 Å². The highest BCUT2D eigenvalue weighted by Crippen LogP contribution is 2.32. The number of hydrogen-bond acceptors (Lipinski definition) is 18. The Morgan fingerprint density at radius 1 is 0.564 bits per heavy atom. The fourth-order valence-corrected chi connectivity index (χ4v) is 8.05. The SMILES string of the molecule is COC(=O)c1ccc(C(=O)Oc2ccc(C(=O)Nc3ccc(/C=C/C(=O)O[C@@H]4CO[C@H]5[C@@H]4OC[C@@H]5OC(=O)/C=C/c4ccc(NC(=O)c5ccc(OC(=O)c6ccc(COC=O)cc6)cc5)cc4OC)c(CO)c3)cc2)cc1. The van der Waals surface area contributed by atoms with Crippen molar-refractivity contribution in [2.75, 3.05) is 38.1 Å². The van der Waals surface area contributed by atoms with Gasteiger partial charge in [0.15, 0.2) is 12.2 Å². The number of carbonyl (C=O) groups excluding carboxylic acids is 8. The molecule has 0 aromatic heterocycles. The fourth-order valence-electron chi connectivity index (χ4n) is 8.05. The molecular weight excluding hydrogens is 1010 g/mol. The summed E-state index contributed by atoms with van der Waals surface area (Å²) in [6.07, 6.45) is 2.29. The van der Waals surface area contributed by atoms with Crippen LogP contribution in [-0.4, -0.2) is 105 Å². The van der Waals surface area contributed by atoms with Crippen LogP contribution in [0.4, 0.5) is 11.4 Å². The van der Waals surface area contributed by atoms with Crippen molar-refractivity contribution in [3.8, 4) is 17.2 Å². The van der Waals surface area contributed by atoms with E-state index in [4.69, 9.17) is 37.9 Å². The van der Waals surface area contributed by atoms with Crippen molar-refractivity contribution in [2.24, 2.45) is 0 Å². The molecule has 2 fully saturated rings. The number of esters is 5. The molecule has 2 heterocycles. The lowest BCUT2D eigenvalue weighted by atomic mass is 10.1. The Balaban J connectivity index is 0.769. The van der Waals surface area contributed by atoms with E-state index in [0.29, 0.717) is 45.9 Å². The zero-order chi connectivity index (χ0) is 55.1. The molecule has 2 aliphatic rings. The molecule has 0 radical (unpaired) electrons. The molecule has 3 N–H and O–H groups in total. The van der Waals surface area contributed by atoms with Crippen LogP contribution in [0.2, 0.25) is 0 Å². The zero-order valence-electron chi connectivity index (χ0n) is 41.6. The van der Waals surface area contributed by atoms with Gasteiger partial charge in [-0.05, 0) is 138 Å². The van der Waals surface area contributed by atoms with E-state index in [1.54, 1.807) is 60.7 Å². The van der Waals surface area contributed by atoms with Crippen LogP contribution in [0.1, 0.15) is 74.0 Å². The van der Waals surface area contributed by atoms with Crippen LogP contribution >= 0.6 is 0 Å². The van der Waals surface area contributed by atoms with Gasteiger partial charge >= 0.3 is 29.8 Å². The fraction of sp³-hybridized carbons (Fsp3) is 0.172. The van der Waals surface area contributed by atoms with Gasteiger partial charge in [-0.25, -0.2) is 24.0 Å². The molecule has 2 saturated heterocycles. The molecule has 4 atom stereocenters. The number of aliphatic hydroxyl groups is 1. The summed E-state index contributed by atoms with van der Waals surface area (Å²) in [5.41, 5.74) is 4.14. The van der Waals surface area contributed by atoms with Crippen molar-refractivity contribution in [2.45, 2.75) is 37.6 Å². The number of aliphatic hydroxyl groups excluding tert-OH is 1. The first-order valence-corrected chi connectivity index (χ1v) is 23.8. The molecule has 20 nitrogen and oxygen atoms in total. The van der Waals surface area contributed by atoms with Crippen LogP contribution in [0.15, 0.2) is 146 Å². The van der Waals surface area contributed by atoms with Gasteiger partial charge in [-0.3, -0.25) is 14.4 Å². The second-order valence-electron chi connectivity index (χ2n) is 17.2. The van der Waals surface area contributed by atoms with Gasteiger partial charge in [0.1, 0.15) is 36.1 Å². The summed E-state index contributed by atoms with van der Waals surface area (Å²) in [5, 5.41) is 15.7. The lowest BCUT2D eigenvalue weighted by Crippen LogP contribution is -2.35. The van der Waals surface area contributed by atoms with E-state index in [-0.39, 0.29) is 59.1 Å². The van der Waals surface area contributed by atoms with E-state index in [1.807, 2.05) is 0 Å². The second-order valence-corrected chi connectivity index (χ2v) is 17.2. The molecule has 0 unspecified atom stereocenters. The van der Waals surface area contributed by atoms with Gasteiger partial charge in [-0.2, -0.15) is 0 Å². The summed E-state index contributed by atoms with van der Waals surface area (Å²) in [6, 6.07) is 33.5. The Kier molecular flexibility index (Phi) is 17.9. The average molecular weight is 1060 g/mol. The van der Waals surface area contributed by atoms with E-state index < -0.39 is 72.7 Å². The lowest BCUT2D eigenvalue weighted by molar-refractivity contribution is -0.149. The third kappa shape index (κ3) is 13.9. The largest absolute Gasteiger partial charge is 0.496 e. The first-order valence-electron chi connectivity index (χ1n) is 23.8. The minimum Gasteiger partial charge on any atom is -0.496 e. The molecular formula is C58H48N2O18. The predicted molar refractivity (Wildman–Crippen MR) is 276 cm³/mol. The first kappa shape index (κ1) is 54.5. The highest BCUT2D eigenvalue weighted by Gasteiger charge is 2.51. The quantitative estimate of drug-likeness (QED) is 0.0230. The van der Waals surface area contributed by atoms with Gasteiger partial charge in [0.25, 0.3) is 18.3 Å². The van der Waals surface area contributed by atoms with Crippen molar-refractivity contribution in [1.82, 2.24) is 0 Å². The standard InChI is InChI=1S/C58H48N2O18/c1-70-47-28-44(60-55(66)38-15-23-45(24-16-38)75-57(68)40-5-3-34(4-6-40)30-72-33-62)20-12-36(47)18-26-51(64)78-49-32-74-52-48(31-73-53(49)52)77-50(63)25-17-35-11-19-43(27-42(35)29-61)59-54(65)37-13-21-46(22-14-37)76-58(69)41-9-7-39(8-10-41)56(67)71-2/h3-28,33,48-49,52-53,61H,29-32H2,1-2H3,(H,59,65)(H,60,66)/b25-17+,26-18+/t48-,49+,52-,53-/m1/s1. The number of hydrogen-bond donors (Lipinski definition) is 3. The normalized spacial score (nSPS) is 16.3. The average Bonchev–Trinajstić information content (AvgIpc) is 4.11. The monoisotopic (exact) mass is 1060 g/mol. The van der Waals surface area contributed by atoms with Crippen molar-refractivity contribution in [1.29, 1.82) is 0 Å². The Hall–Kier alpha value is -9.76. The number of methoxy groups -OCH3 is 2. The lowest BCUT2D eigenvalue weighted by Gasteiger charge is -2.16. The topological polar surface area (TPSA) is 264 Å². The number of carbonyl (C=O) groups is 8. The molecule has 2 aliphatic heterocycles. The van der Waals surface area contributed by atoms with Crippen LogP contribution in [0, 0.1) is 0 Å². The number of benzene rings is 6. The maximum atomic E-state index is 13.1. The molecule has 398 valence electrons. The molecule has 20 heteroatoms. The Labute approximate surface area is 445 Å². The molecule has 78 heavy (non-hydrogen) atoms. The van der Waals surface area contributed by atoms with Gasteiger partial charge in [-0.15, -0.1) is 0 Å². The number of anilines is 2. The van der Waals surface area contributed by atoms with Gasteiger partial charge in [0.2, 0.25) is 0 Å². The zero-order valence-corrected chi connectivity index (χ0v) is 41.6. The smallest absolute Gasteiger partial charge is 0.343 e. The Morgan fingerprint density at radius 3 is 1.49 bits per heavy atom. The minimum absolute atomic E-state index is 0.0130. The highest BCUT2D eigenvalue weighted by molar-refractivity contribution is 6.05. The van der Waals surface area contributed by atoms with E-state index in [9.17, 15) is 43.5 Å². The number of fused-ring (bicyclic) bond motifs is 1. The van der Waals surface area contributed by atoms with Crippen LogP contribution in [0.25, 0.3) is 12.2 Å². The molecule has 0 spiro atoms. The molecule has 0 aliphatic carbocycles. The van der Waals surface area contributed by atoms with Crippen LogP contribution < -0.4 is 24.8 Å². The van der Waals surface area contributed by atoms with Gasteiger partial charge < -0.3 is 58.4 Å². The molecule has 6 aromatic carbocycles. The third-order valence-electron chi connectivity index (χ3n) is 12.1. The highest BCUT2D eigenvalue weighted by atomic mass is 16.7. The number of rotatable bonds is 20. The minimum atomic E-state index is -0.811. The van der Waals surface area contributed by atoms with Crippen molar-refractivity contribution >= 4 is 71.7 Å². The summed E-state index contributed by atoms with van der Waals surface area (Å²) >= 11 is 0. The molecule has 8 rings (SSSR count). The van der Waals surface area contributed by atoms with E-state index >= 15 is 0 Å². The summed E-state index contributed by atoms with van der Waals surface area (Å²) in [7, 11) is 2.68. The van der Waals surface area contributed by atoms with Crippen LogP contribution in [-0.2, 0) is 56.0 Å². The summed E-state index contributed by atoms with van der Waals surface area (Å²) in [6.45, 7) is -0.0353. The van der Waals surface area contributed by atoms with E-state index in [1.165, 1.54) is 111 Å². The number of ether oxygens (including phenoxy) is 9. The van der Waals surface area contributed by atoms with Crippen molar-refractivity contribution < 1.29 is 86.1 Å². The number of nitrogens with one attached hydrogen (secondary N) is 2. The predicted octanol–water partition coefficient (Wildman–Crippen LogP) is 6.94. The number of amides is 2. The van der Waals surface area contributed by atoms with Crippen LogP contribution in [0.5, 0.6) is 17.2 Å². The summed E-state index contributed by atoms with van der Waals surface area (Å²) in [4.78, 5) is 99.4. The second kappa shape index (κ2) is 25.7. The maximum Gasteiger partial charge on any atom is 0.343 e. The van der Waals surface area contributed by atoms with Crippen LogP contribution in [0.3, 0.4) is 0 Å². The van der Waals surface area contributed by atoms with E-state index in [0.717, 1.165) is 0 Å². The molecule has 2 amide bonds. The maximum absolute atomic E-state index is 13.1. The molecule has 0 saturated carbocycles. The summed E-state index contributed by atoms with van der Waals surface area (Å²) < 4.78 is 48.7. The van der Waals surface area contributed by atoms with Crippen molar-refractivity contribution in [3.05, 3.63) is 196 Å². The first-order chi connectivity index (χ1) is 37.8. The van der Waals surface area contributed by atoms with E-state index in [2.05, 4.69) is 15.4 Å². The van der Waals surface area contributed by atoms with Crippen molar-refractivity contribution in [3.63, 3.8) is 0 Å². The summed E-state index contributed by atoms with van der Waals surface area (Å²) in [5.74, 6) is -3.42. The van der Waals surface area contributed by atoms with Gasteiger partial charge in [0.05, 0.1) is 50.7 Å². The molecule has 0 bridgehead atoms. The molecule has 6 aromatic rings.